The maximum absolute atomic E-state index is 12.5. The van der Waals surface area contributed by atoms with Gasteiger partial charge in [-0.1, -0.05) is 17.7 Å². The van der Waals surface area contributed by atoms with Crippen LogP contribution in [0.1, 0.15) is 36.2 Å². The largest absolute Gasteiger partial charge is 0.396 e. The van der Waals surface area contributed by atoms with Gasteiger partial charge in [0.15, 0.2) is 10.8 Å². The van der Waals surface area contributed by atoms with Crippen molar-refractivity contribution in [2.45, 2.75) is 31.7 Å². The van der Waals surface area contributed by atoms with Crippen LogP contribution in [-0.2, 0) is 0 Å². The molecule has 0 unspecified atom stereocenters. The van der Waals surface area contributed by atoms with E-state index >= 15 is 0 Å². The number of pyridine rings is 1. The topological polar surface area (TPSA) is 66.6 Å². The molecule has 2 N–H and O–H groups in total. The van der Waals surface area contributed by atoms with E-state index < -0.39 is 0 Å². The van der Waals surface area contributed by atoms with E-state index in [-0.39, 0.29) is 23.7 Å². The van der Waals surface area contributed by atoms with Crippen molar-refractivity contribution >= 4 is 23.2 Å². The van der Waals surface area contributed by atoms with Gasteiger partial charge in [0.2, 0.25) is 0 Å². The number of nitrogens with one attached hydrogen (secondary N) is 1. The molecule has 6 heteroatoms. The number of carbonyl (C=O) groups excluding carboxylic acids is 1. The number of imidazole rings is 1. The van der Waals surface area contributed by atoms with E-state index in [1.807, 2.05) is 18.2 Å². The van der Waals surface area contributed by atoms with E-state index in [4.69, 9.17) is 16.7 Å². The van der Waals surface area contributed by atoms with Crippen LogP contribution in [0.4, 0.5) is 0 Å². The summed E-state index contributed by atoms with van der Waals surface area (Å²) < 4.78 is 1.71. The number of hydrogen-bond donors (Lipinski definition) is 2. The molecule has 1 aliphatic rings. The molecule has 112 valence electrons. The minimum absolute atomic E-state index is 0.144. The minimum atomic E-state index is -0.189. The summed E-state index contributed by atoms with van der Waals surface area (Å²) in [6.07, 6.45) is 5.47. The van der Waals surface area contributed by atoms with Gasteiger partial charge in [0.25, 0.3) is 5.91 Å². The Bertz CT molecular complexity index is 647. The Hall–Kier alpha value is -1.59. The molecule has 0 saturated heterocycles. The lowest BCUT2D eigenvalue weighted by Gasteiger charge is -2.27. The van der Waals surface area contributed by atoms with E-state index in [0.717, 1.165) is 25.7 Å². The number of hydrogen-bond acceptors (Lipinski definition) is 3. The lowest BCUT2D eigenvalue weighted by atomic mass is 9.86. The van der Waals surface area contributed by atoms with Gasteiger partial charge in [-0.15, -0.1) is 0 Å². The monoisotopic (exact) mass is 307 g/mol. The zero-order chi connectivity index (χ0) is 14.8. The zero-order valence-electron chi connectivity index (χ0n) is 11.6. The Morgan fingerprint density at radius 2 is 2.14 bits per heavy atom. The number of rotatable bonds is 3. The Balaban J connectivity index is 1.74. The number of aliphatic hydroxyl groups excluding tert-OH is 1. The van der Waals surface area contributed by atoms with E-state index in [1.165, 1.54) is 0 Å². The van der Waals surface area contributed by atoms with Crippen molar-refractivity contribution in [3.05, 3.63) is 35.2 Å². The summed E-state index contributed by atoms with van der Waals surface area (Å²) in [6, 6.07) is 5.66. The molecular formula is C15H18ClN3O2. The normalized spacial score (nSPS) is 22.4. The fourth-order valence-electron chi connectivity index (χ4n) is 2.91. The molecule has 3 rings (SSSR count). The number of aromatic nitrogens is 2. The standard InChI is InChI=1S/C15H18ClN3O2/c16-14-13(19-8-2-1-3-12(19)18-14)15(21)17-11-6-4-10(9-20)5-7-11/h1-3,8,10-11,20H,4-7,9H2,(H,17,21). The van der Waals surface area contributed by atoms with Gasteiger partial charge in [0.1, 0.15) is 5.65 Å². The summed E-state index contributed by atoms with van der Waals surface area (Å²) in [7, 11) is 0. The van der Waals surface area contributed by atoms with E-state index in [1.54, 1.807) is 10.6 Å². The van der Waals surface area contributed by atoms with Gasteiger partial charge in [-0.25, -0.2) is 4.98 Å². The number of carbonyl (C=O) groups is 1. The van der Waals surface area contributed by atoms with Crippen molar-refractivity contribution in [3.63, 3.8) is 0 Å². The number of halogens is 1. The lowest BCUT2D eigenvalue weighted by Crippen LogP contribution is -2.38. The van der Waals surface area contributed by atoms with Gasteiger partial charge >= 0.3 is 0 Å². The first kappa shape index (κ1) is 14.4. The van der Waals surface area contributed by atoms with Crippen LogP contribution in [0, 0.1) is 5.92 Å². The predicted molar refractivity (Wildman–Crippen MR) is 80.5 cm³/mol. The van der Waals surface area contributed by atoms with Gasteiger partial charge in [-0.3, -0.25) is 9.20 Å². The number of nitrogens with zero attached hydrogens (tertiary/aromatic N) is 2. The summed E-state index contributed by atoms with van der Waals surface area (Å²) in [4.78, 5) is 16.6. The summed E-state index contributed by atoms with van der Waals surface area (Å²) >= 11 is 6.10. The fourth-order valence-corrected chi connectivity index (χ4v) is 3.18. The Kier molecular flexibility index (Phi) is 4.12. The smallest absolute Gasteiger partial charge is 0.271 e. The molecule has 2 aromatic heterocycles. The van der Waals surface area contributed by atoms with Crippen LogP contribution in [0.5, 0.6) is 0 Å². The van der Waals surface area contributed by atoms with Crippen molar-refractivity contribution in [3.8, 4) is 0 Å². The average Bonchev–Trinajstić information content (AvgIpc) is 2.83. The van der Waals surface area contributed by atoms with Crippen LogP contribution in [0.15, 0.2) is 24.4 Å². The van der Waals surface area contributed by atoms with Crippen LogP contribution >= 0.6 is 11.6 Å². The molecule has 0 atom stereocenters. The van der Waals surface area contributed by atoms with Crippen molar-refractivity contribution in [1.29, 1.82) is 0 Å². The minimum Gasteiger partial charge on any atom is -0.396 e. The SMILES string of the molecule is O=C(NC1CCC(CO)CC1)c1c(Cl)nc2ccccn12. The average molecular weight is 308 g/mol. The summed E-state index contributed by atoms with van der Waals surface area (Å²) in [6.45, 7) is 0.236. The first-order valence-corrected chi connectivity index (χ1v) is 7.61. The fraction of sp³-hybridized carbons (Fsp3) is 0.467. The maximum Gasteiger partial charge on any atom is 0.271 e. The molecule has 1 fully saturated rings. The van der Waals surface area contributed by atoms with Gasteiger partial charge in [0, 0.05) is 18.8 Å². The molecule has 0 spiro atoms. The molecule has 1 amide bonds. The molecule has 5 nitrogen and oxygen atoms in total. The maximum atomic E-state index is 12.5. The van der Waals surface area contributed by atoms with Crippen LogP contribution in [0.3, 0.4) is 0 Å². The van der Waals surface area contributed by atoms with Crippen molar-refractivity contribution in [1.82, 2.24) is 14.7 Å². The highest BCUT2D eigenvalue weighted by Gasteiger charge is 2.24. The number of aliphatic hydroxyl groups is 1. The molecule has 0 bridgehead atoms. The molecule has 2 aromatic rings. The Morgan fingerprint density at radius 3 is 2.86 bits per heavy atom. The van der Waals surface area contributed by atoms with Crippen LogP contribution in [0.25, 0.3) is 5.65 Å². The third kappa shape index (κ3) is 2.89. The van der Waals surface area contributed by atoms with Crippen molar-refractivity contribution in [2.75, 3.05) is 6.61 Å². The van der Waals surface area contributed by atoms with Gasteiger partial charge in [0.05, 0.1) is 0 Å². The Morgan fingerprint density at radius 1 is 1.38 bits per heavy atom. The summed E-state index contributed by atoms with van der Waals surface area (Å²) in [5.41, 5.74) is 1.05. The van der Waals surface area contributed by atoms with E-state index in [0.29, 0.717) is 17.3 Å². The Labute approximate surface area is 127 Å². The van der Waals surface area contributed by atoms with E-state index in [9.17, 15) is 4.79 Å². The van der Waals surface area contributed by atoms with Crippen molar-refractivity contribution < 1.29 is 9.90 Å². The van der Waals surface area contributed by atoms with E-state index in [2.05, 4.69) is 10.3 Å². The first-order chi connectivity index (χ1) is 10.2. The quantitative estimate of drug-likeness (QED) is 0.914. The van der Waals surface area contributed by atoms with Gasteiger partial charge in [-0.05, 0) is 43.7 Å². The number of fused-ring (bicyclic) bond motifs is 1. The highest BCUT2D eigenvalue weighted by molar-refractivity contribution is 6.32. The van der Waals surface area contributed by atoms with Crippen LogP contribution < -0.4 is 5.32 Å². The highest BCUT2D eigenvalue weighted by Crippen LogP contribution is 2.24. The lowest BCUT2D eigenvalue weighted by molar-refractivity contribution is 0.0908. The van der Waals surface area contributed by atoms with Crippen LogP contribution in [-0.4, -0.2) is 33.0 Å². The van der Waals surface area contributed by atoms with Crippen molar-refractivity contribution in [2.24, 2.45) is 5.92 Å². The summed E-state index contributed by atoms with van der Waals surface area (Å²) in [5, 5.41) is 12.4. The van der Waals surface area contributed by atoms with Gasteiger partial charge < -0.3 is 10.4 Å². The molecule has 2 heterocycles. The second-order valence-corrected chi connectivity index (χ2v) is 5.91. The second kappa shape index (κ2) is 6.03. The molecular weight excluding hydrogens is 290 g/mol. The zero-order valence-corrected chi connectivity index (χ0v) is 12.4. The highest BCUT2D eigenvalue weighted by atomic mass is 35.5. The predicted octanol–water partition coefficient (Wildman–Crippen LogP) is 2.27. The molecule has 1 saturated carbocycles. The molecule has 0 radical (unpaired) electrons. The number of amides is 1. The second-order valence-electron chi connectivity index (χ2n) is 5.55. The third-order valence-electron chi connectivity index (χ3n) is 4.14. The molecule has 1 aliphatic carbocycles. The van der Waals surface area contributed by atoms with Gasteiger partial charge in [-0.2, -0.15) is 0 Å². The third-order valence-corrected chi connectivity index (χ3v) is 4.41. The first-order valence-electron chi connectivity index (χ1n) is 7.23. The molecule has 21 heavy (non-hydrogen) atoms. The summed E-state index contributed by atoms with van der Waals surface area (Å²) in [5.74, 6) is 0.184. The molecule has 0 aliphatic heterocycles. The van der Waals surface area contributed by atoms with Crippen LogP contribution in [0.2, 0.25) is 5.15 Å². The molecule has 0 aromatic carbocycles.